The van der Waals surface area contributed by atoms with Crippen LogP contribution in [0, 0.1) is 5.82 Å². The fourth-order valence-corrected chi connectivity index (χ4v) is 1.49. The molecule has 0 heterocycles. The van der Waals surface area contributed by atoms with Gasteiger partial charge in [-0.1, -0.05) is 13.3 Å². The Bertz CT molecular complexity index is 307. The first-order valence-corrected chi connectivity index (χ1v) is 5.58. The van der Waals surface area contributed by atoms with Gasteiger partial charge in [0.05, 0.1) is 6.10 Å². The summed E-state index contributed by atoms with van der Waals surface area (Å²) in [5, 5.41) is 0. The third-order valence-corrected chi connectivity index (χ3v) is 2.12. The number of ether oxygens (including phenoxy) is 1. The maximum absolute atomic E-state index is 13.2. The summed E-state index contributed by atoms with van der Waals surface area (Å²) in [6.07, 6.45) is 3.22. The van der Waals surface area contributed by atoms with E-state index in [-0.39, 0.29) is 11.9 Å². The number of hydrogen-bond acceptors (Lipinski definition) is 1. The first-order valence-electron chi connectivity index (χ1n) is 5.58. The zero-order chi connectivity index (χ0) is 11.3. The summed E-state index contributed by atoms with van der Waals surface area (Å²) >= 11 is 0. The number of aryl methyl sites for hydroxylation is 1. The van der Waals surface area contributed by atoms with Gasteiger partial charge in [0.25, 0.3) is 0 Å². The molecule has 84 valence electrons. The Morgan fingerprint density at radius 2 is 2.00 bits per heavy atom. The van der Waals surface area contributed by atoms with Gasteiger partial charge in [-0.15, -0.1) is 0 Å². The Hall–Kier alpha value is -1.05. The predicted octanol–water partition coefficient (Wildman–Crippen LogP) is 3.96. The Kier molecular flexibility index (Phi) is 4.60. The molecule has 1 rings (SSSR count). The lowest BCUT2D eigenvalue weighted by Crippen LogP contribution is -2.06. The zero-order valence-electron chi connectivity index (χ0n) is 9.72. The second kappa shape index (κ2) is 5.74. The van der Waals surface area contributed by atoms with Gasteiger partial charge in [-0.2, -0.15) is 0 Å². The SMILES string of the molecule is CCCCc1cc(F)cc(OC(C)C)c1. The first-order chi connectivity index (χ1) is 7.11. The van der Waals surface area contributed by atoms with Crippen molar-refractivity contribution in [1.82, 2.24) is 0 Å². The summed E-state index contributed by atoms with van der Waals surface area (Å²) < 4.78 is 18.7. The minimum atomic E-state index is -0.209. The van der Waals surface area contributed by atoms with Crippen LogP contribution in [0.3, 0.4) is 0 Å². The Morgan fingerprint density at radius 3 is 2.60 bits per heavy atom. The van der Waals surface area contributed by atoms with Crippen molar-refractivity contribution in [2.45, 2.75) is 46.1 Å². The number of hydrogen-bond donors (Lipinski definition) is 0. The van der Waals surface area contributed by atoms with E-state index in [4.69, 9.17) is 4.74 Å². The molecule has 0 bridgehead atoms. The van der Waals surface area contributed by atoms with E-state index in [0.29, 0.717) is 5.75 Å². The molecule has 1 aromatic rings. The molecule has 0 saturated heterocycles. The molecule has 0 radical (unpaired) electrons. The normalized spacial score (nSPS) is 10.7. The monoisotopic (exact) mass is 210 g/mol. The van der Waals surface area contributed by atoms with Gasteiger partial charge in [-0.25, -0.2) is 4.39 Å². The number of benzene rings is 1. The summed E-state index contributed by atoms with van der Waals surface area (Å²) in [5.74, 6) is 0.426. The van der Waals surface area contributed by atoms with Crippen molar-refractivity contribution in [3.05, 3.63) is 29.6 Å². The van der Waals surface area contributed by atoms with Gasteiger partial charge in [0.15, 0.2) is 0 Å². The maximum atomic E-state index is 13.2. The van der Waals surface area contributed by atoms with Gasteiger partial charge in [-0.3, -0.25) is 0 Å². The zero-order valence-corrected chi connectivity index (χ0v) is 9.72. The van der Waals surface area contributed by atoms with Gasteiger partial charge in [0, 0.05) is 6.07 Å². The second-order valence-corrected chi connectivity index (χ2v) is 4.07. The van der Waals surface area contributed by atoms with Crippen molar-refractivity contribution in [1.29, 1.82) is 0 Å². The lowest BCUT2D eigenvalue weighted by molar-refractivity contribution is 0.241. The van der Waals surface area contributed by atoms with Crippen molar-refractivity contribution < 1.29 is 9.13 Å². The van der Waals surface area contributed by atoms with E-state index in [9.17, 15) is 4.39 Å². The molecule has 1 aromatic carbocycles. The fraction of sp³-hybridized carbons (Fsp3) is 0.538. The van der Waals surface area contributed by atoms with Crippen molar-refractivity contribution >= 4 is 0 Å². The predicted molar refractivity (Wildman–Crippen MR) is 60.8 cm³/mol. The van der Waals surface area contributed by atoms with Crippen molar-refractivity contribution in [2.75, 3.05) is 0 Å². The molecule has 0 aromatic heterocycles. The van der Waals surface area contributed by atoms with Crippen LogP contribution in [0.4, 0.5) is 4.39 Å². The quantitative estimate of drug-likeness (QED) is 0.715. The minimum absolute atomic E-state index is 0.0887. The summed E-state index contributed by atoms with van der Waals surface area (Å²) in [7, 11) is 0. The number of unbranched alkanes of at least 4 members (excludes halogenated alkanes) is 1. The standard InChI is InChI=1S/C13H19FO/c1-4-5-6-11-7-12(14)9-13(8-11)15-10(2)3/h7-10H,4-6H2,1-3H3. The highest BCUT2D eigenvalue weighted by molar-refractivity contribution is 5.29. The Morgan fingerprint density at radius 1 is 1.27 bits per heavy atom. The van der Waals surface area contributed by atoms with E-state index in [1.165, 1.54) is 6.07 Å². The smallest absolute Gasteiger partial charge is 0.127 e. The molecular formula is C13H19FO. The minimum Gasteiger partial charge on any atom is -0.491 e. The van der Waals surface area contributed by atoms with Crippen molar-refractivity contribution in [3.63, 3.8) is 0 Å². The molecule has 0 atom stereocenters. The first kappa shape index (κ1) is 12.0. The van der Waals surface area contributed by atoms with Crippen LogP contribution in [0.15, 0.2) is 18.2 Å². The van der Waals surface area contributed by atoms with Gasteiger partial charge in [-0.05, 0) is 44.4 Å². The molecule has 0 unspecified atom stereocenters. The van der Waals surface area contributed by atoms with Crippen LogP contribution in [0.25, 0.3) is 0 Å². The Labute approximate surface area is 91.3 Å². The lowest BCUT2D eigenvalue weighted by Gasteiger charge is -2.11. The van der Waals surface area contributed by atoms with Gasteiger partial charge >= 0.3 is 0 Å². The topological polar surface area (TPSA) is 9.23 Å². The molecule has 2 heteroatoms. The van der Waals surface area contributed by atoms with Crippen LogP contribution in [-0.2, 0) is 6.42 Å². The number of rotatable bonds is 5. The molecular weight excluding hydrogens is 191 g/mol. The molecule has 0 fully saturated rings. The molecule has 15 heavy (non-hydrogen) atoms. The van der Waals surface area contributed by atoms with E-state index in [0.717, 1.165) is 24.8 Å². The van der Waals surface area contributed by atoms with E-state index < -0.39 is 0 Å². The van der Waals surface area contributed by atoms with Crippen LogP contribution in [-0.4, -0.2) is 6.10 Å². The molecule has 0 spiro atoms. The van der Waals surface area contributed by atoms with Crippen LogP contribution < -0.4 is 4.74 Å². The van der Waals surface area contributed by atoms with Crippen LogP contribution in [0.1, 0.15) is 39.2 Å². The third kappa shape index (κ3) is 4.32. The van der Waals surface area contributed by atoms with Crippen LogP contribution in [0.5, 0.6) is 5.75 Å². The summed E-state index contributed by atoms with van der Waals surface area (Å²) in [5.41, 5.74) is 1.02. The molecule has 0 aliphatic rings. The van der Waals surface area contributed by atoms with E-state index in [1.54, 1.807) is 6.07 Å². The molecule has 0 amide bonds. The molecule has 0 aliphatic heterocycles. The molecule has 0 aliphatic carbocycles. The lowest BCUT2D eigenvalue weighted by atomic mass is 10.1. The van der Waals surface area contributed by atoms with E-state index >= 15 is 0 Å². The molecule has 0 N–H and O–H groups in total. The van der Waals surface area contributed by atoms with Crippen molar-refractivity contribution in [2.24, 2.45) is 0 Å². The second-order valence-electron chi connectivity index (χ2n) is 4.07. The summed E-state index contributed by atoms with van der Waals surface area (Å²) in [6, 6.07) is 4.96. The average molecular weight is 210 g/mol. The van der Waals surface area contributed by atoms with Gasteiger partial charge < -0.3 is 4.74 Å². The van der Waals surface area contributed by atoms with Crippen LogP contribution >= 0.6 is 0 Å². The van der Waals surface area contributed by atoms with Crippen LogP contribution in [0.2, 0.25) is 0 Å². The summed E-state index contributed by atoms with van der Waals surface area (Å²) in [4.78, 5) is 0. The highest BCUT2D eigenvalue weighted by Gasteiger charge is 2.03. The van der Waals surface area contributed by atoms with Crippen molar-refractivity contribution in [3.8, 4) is 5.75 Å². The average Bonchev–Trinajstić information content (AvgIpc) is 2.12. The molecule has 0 saturated carbocycles. The highest BCUT2D eigenvalue weighted by atomic mass is 19.1. The fourth-order valence-electron chi connectivity index (χ4n) is 1.49. The van der Waals surface area contributed by atoms with E-state index in [2.05, 4.69) is 6.92 Å². The molecule has 1 nitrogen and oxygen atoms in total. The maximum Gasteiger partial charge on any atom is 0.127 e. The number of halogens is 1. The Balaban J connectivity index is 2.75. The summed E-state index contributed by atoms with van der Waals surface area (Å²) in [6.45, 7) is 6.01. The van der Waals surface area contributed by atoms with Gasteiger partial charge in [0.2, 0.25) is 0 Å². The largest absolute Gasteiger partial charge is 0.491 e. The van der Waals surface area contributed by atoms with E-state index in [1.807, 2.05) is 19.9 Å². The highest BCUT2D eigenvalue weighted by Crippen LogP contribution is 2.19. The third-order valence-electron chi connectivity index (χ3n) is 2.12. The van der Waals surface area contributed by atoms with Gasteiger partial charge in [0.1, 0.15) is 11.6 Å².